The Hall–Kier alpha value is -1.94. The standard InChI is InChI=1S/C18H28N4O.C2HF3O2/c1-15-2-3-17(20-19-15)22-11-7-18(8-12-22)5-9-21(10-6-18)16-4-13-23-14-16;3-2(4,5)1(6)7/h2-3,16H,4-14H2,1H3;(H,6,7). The largest absolute Gasteiger partial charge is 0.490 e. The molecule has 168 valence electrons. The van der Waals surface area contributed by atoms with E-state index in [4.69, 9.17) is 14.6 Å². The normalized spacial score (nSPS) is 24.4. The second-order valence-corrected chi connectivity index (χ2v) is 8.38. The zero-order chi connectivity index (χ0) is 21.8. The number of hydrogen-bond acceptors (Lipinski definition) is 6. The van der Waals surface area contributed by atoms with Gasteiger partial charge in [-0.05, 0) is 69.7 Å². The maximum atomic E-state index is 10.6. The minimum Gasteiger partial charge on any atom is -0.475 e. The van der Waals surface area contributed by atoms with Crippen molar-refractivity contribution in [3.63, 3.8) is 0 Å². The molecule has 0 aliphatic carbocycles. The van der Waals surface area contributed by atoms with E-state index in [1.807, 2.05) is 6.92 Å². The van der Waals surface area contributed by atoms with Gasteiger partial charge in [0.05, 0.1) is 12.3 Å². The van der Waals surface area contributed by atoms with Gasteiger partial charge in [0.25, 0.3) is 0 Å². The summed E-state index contributed by atoms with van der Waals surface area (Å²) in [5, 5.41) is 15.7. The fraction of sp³-hybridized carbons (Fsp3) is 0.750. The van der Waals surface area contributed by atoms with Gasteiger partial charge in [-0.25, -0.2) is 4.79 Å². The van der Waals surface area contributed by atoms with Gasteiger partial charge in [-0.1, -0.05) is 0 Å². The lowest BCUT2D eigenvalue weighted by atomic mass is 9.71. The molecule has 1 N–H and O–H groups in total. The van der Waals surface area contributed by atoms with E-state index in [0.717, 1.165) is 37.8 Å². The van der Waals surface area contributed by atoms with E-state index in [1.165, 1.54) is 45.2 Å². The van der Waals surface area contributed by atoms with Crippen LogP contribution in [0.5, 0.6) is 0 Å². The van der Waals surface area contributed by atoms with Gasteiger partial charge >= 0.3 is 12.1 Å². The molecular weight excluding hydrogens is 401 g/mol. The molecule has 7 nitrogen and oxygen atoms in total. The predicted molar refractivity (Wildman–Crippen MR) is 104 cm³/mol. The Morgan fingerprint density at radius 3 is 2.20 bits per heavy atom. The van der Waals surface area contributed by atoms with Crippen LogP contribution in [0.1, 0.15) is 37.8 Å². The third kappa shape index (κ3) is 5.81. The number of aromatic nitrogens is 2. The SMILES string of the molecule is Cc1ccc(N2CCC3(CC2)CCN(C2CCOC2)CC3)nn1.O=C(O)C(F)(F)F. The van der Waals surface area contributed by atoms with Crippen molar-refractivity contribution in [2.75, 3.05) is 44.3 Å². The summed E-state index contributed by atoms with van der Waals surface area (Å²) in [6, 6.07) is 4.87. The molecule has 3 fully saturated rings. The highest BCUT2D eigenvalue weighted by atomic mass is 19.4. The number of anilines is 1. The Labute approximate surface area is 174 Å². The third-order valence-corrected chi connectivity index (χ3v) is 6.46. The summed E-state index contributed by atoms with van der Waals surface area (Å²) in [4.78, 5) is 14.0. The van der Waals surface area contributed by atoms with Crippen LogP contribution in [0.25, 0.3) is 0 Å². The number of aliphatic carboxylic acids is 1. The molecule has 0 saturated carbocycles. The van der Waals surface area contributed by atoms with Gasteiger partial charge < -0.3 is 14.7 Å². The van der Waals surface area contributed by atoms with Gasteiger partial charge in [-0.2, -0.15) is 18.3 Å². The monoisotopic (exact) mass is 430 g/mol. The van der Waals surface area contributed by atoms with E-state index < -0.39 is 12.1 Å². The van der Waals surface area contributed by atoms with Crippen molar-refractivity contribution < 1.29 is 27.8 Å². The molecule has 3 saturated heterocycles. The lowest BCUT2D eigenvalue weighted by Gasteiger charge is -2.48. The number of carboxylic acids is 1. The minimum absolute atomic E-state index is 0.574. The van der Waals surface area contributed by atoms with Crippen LogP contribution in [0, 0.1) is 12.3 Å². The zero-order valence-electron chi connectivity index (χ0n) is 17.2. The molecule has 4 rings (SSSR count). The zero-order valence-corrected chi connectivity index (χ0v) is 17.2. The van der Waals surface area contributed by atoms with E-state index in [-0.39, 0.29) is 0 Å². The van der Waals surface area contributed by atoms with E-state index in [0.29, 0.717) is 11.5 Å². The van der Waals surface area contributed by atoms with E-state index in [1.54, 1.807) is 0 Å². The molecule has 0 aromatic carbocycles. The molecule has 0 bridgehead atoms. The molecular formula is C20H29F3N4O3. The Bertz CT molecular complexity index is 690. The first-order chi connectivity index (χ1) is 14.2. The van der Waals surface area contributed by atoms with Gasteiger partial charge in [0.15, 0.2) is 5.82 Å². The summed E-state index contributed by atoms with van der Waals surface area (Å²) in [6.07, 6.45) is 1.47. The Kier molecular flexibility index (Phi) is 7.18. The van der Waals surface area contributed by atoms with Crippen molar-refractivity contribution in [2.45, 2.75) is 51.2 Å². The van der Waals surface area contributed by atoms with Crippen molar-refractivity contribution in [3.8, 4) is 0 Å². The molecule has 10 heteroatoms. The van der Waals surface area contributed by atoms with Crippen LogP contribution < -0.4 is 4.90 Å². The van der Waals surface area contributed by atoms with E-state index in [2.05, 4.69) is 32.1 Å². The fourth-order valence-corrected chi connectivity index (χ4v) is 4.44. The van der Waals surface area contributed by atoms with Crippen LogP contribution >= 0.6 is 0 Å². The van der Waals surface area contributed by atoms with Gasteiger partial charge in [0.2, 0.25) is 0 Å². The highest BCUT2D eigenvalue weighted by molar-refractivity contribution is 5.73. The maximum Gasteiger partial charge on any atom is 0.490 e. The highest BCUT2D eigenvalue weighted by Gasteiger charge is 2.40. The second-order valence-electron chi connectivity index (χ2n) is 8.38. The van der Waals surface area contributed by atoms with Crippen LogP contribution in [0.3, 0.4) is 0 Å². The first-order valence-electron chi connectivity index (χ1n) is 10.4. The van der Waals surface area contributed by atoms with Crippen molar-refractivity contribution in [3.05, 3.63) is 17.8 Å². The number of aryl methyl sites for hydroxylation is 1. The number of likely N-dealkylation sites (tertiary alicyclic amines) is 1. The number of ether oxygens (including phenoxy) is 1. The first-order valence-corrected chi connectivity index (χ1v) is 10.4. The third-order valence-electron chi connectivity index (χ3n) is 6.46. The molecule has 1 unspecified atom stereocenters. The van der Waals surface area contributed by atoms with Crippen molar-refractivity contribution in [1.29, 1.82) is 0 Å². The van der Waals surface area contributed by atoms with Crippen LogP contribution in [-0.4, -0.2) is 77.8 Å². The number of carboxylic acid groups (broad SMARTS) is 1. The molecule has 4 heterocycles. The Morgan fingerprint density at radius 2 is 1.73 bits per heavy atom. The number of rotatable bonds is 2. The quantitative estimate of drug-likeness (QED) is 0.773. The van der Waals surface area contributed by atoms with Crippen LogP contribution in [0.2, 0.25) is 0 Å². The molecule has 3 aliphatic heterocycles. The predicted octanol–water partition coefficient (Wildman–Crippen LogP) is 2.89. The van der Waals surface area contributed by atoms with Crippen LogP contribution in [0.4, 0.5) is 19.0 Å². The number of hydrogen-bond donors (Lipinski definition) is 1. The molecule has 1 atom stereocenters. The Morgan fingerprint density at radius 1 is 1.13 bits per heavy atom. The summed E-state index contributed by atoms with van der Waals surface area (Å²) >= 11 is 0. The Balaban J connectivity index is 0.000000318. The molecule has 1 aromatic rings. The smallest absolute Gasteiger partial charge is 0.475 e. The van der Waals surface area contributed by atoms with Gasteiger partial charge in [0, 0.05) is 25.7 Å². The van der Waals surface area contributed by atoms with Crippen molar-refractivity contribution in [1.82, 2.24) is 15.1 Å². The number of piperidine rings is 2. The molecule has 0 radical (unpaired) electrons. The maximum absolute atomic E-state index is 10.6. The van der Waals surface area contributed by atoms with E-state index >= 15 is 0 Å². The van der Waals surface area contributed by atoms with Gasteiger partial charge in [0.1, 0.15) is 0 Å². The summed E-state index contributed by atoms with van der Waals surface area (Å²) in [7, 11) is 0. The summed E-state index contributed by atoms with van der Waals surface area (Å²) < 4.78 is 37.3. The summed E-state index contributed by atoms with van der Waals surface area (Å²) in [5.74, 6) is -1.71. The van der Waals surface area contributed by atoms with Crippen LogP contribution in [-0.2, 0) is 9.53 Å². The van der Waals surface area contributed by atoms with Gasteiger partial charge in [-0.15, -0.1) is 5.10 Å². The lowest BCUT2D eigenvalue weighted by molar-refractivity contribution is -0.192. The van der Waals surface area contributed by atoms with Crippen molar-refractivity contribution >= 4 is 11.8 Å². The van der Waals surface area contributed by atoms with Gasteiger partial charge in [-0.3, -0.25) is 4.90 Å². The number of alkyl halides is 3. The summed E-state index contributed by atoms with van der Waals surface area (Å²) in [6.45, 7) is 8.68. The molecule has 1 aromatic heterocycles. The highest BCUT2D eigenvalue weighted by Crippen LogP contribution is 2.42. The minimum atomic E-state index is -5.08. The molecule has 3 aliphatic rings. The van der Waals surface area contributed by atoms with Crippen LogP contribution in [0.15, 0.2) is 12.1 Å². The van der Waals surface area contributed by atoms with E-state index in [9.17, 15) is 13.2 Å². The van der Waals surface area contributed by atoms with Crippen molar-refractivity contribution in [2.24, 2.45) is 5.41 Å². The number of nitrogens with zero attached hydrogens (tertiary/aromatic N) is 4. The molecule has 0 amide bonds. The second kappa shape index (κ2) is 9.47. The molecule has 30 heavy (non-hydrogen) atoms. The average Bonchev–Trinajstić information content (AvgIpc) is 3.25. The number of carbonyl (C=O) groups is 1. The summed E-state index contributed by atoms with van der Waals surface area (Å²) in [5.41, 5.74) is 1.57. The number of halogens is 3. The molecule has 1 spiro atoms. The topological polar surface area (TPSA) is 78.8 Å². The fourth-order valence-electron chi connectivity index (χ4n) is 4.44. The lowest BCUT2D eigenvalue weighted by Crippen LogP contribution is -2.49. The average molecular weight is 430 g/mol. The first kappa shape index (κ1) is 22.7.